The molecule has 14 heavy (non-hydrogen) atoms. The van der Waals surface area contributed by atoms with Crippen LogP contribution < -0.4 is 5.73 Å². The van der Waals surface area contributed by atoms with E-state index in [1.807, 2.05) is 0 Å². The molecule has 0 radical (unpaired) electrons. The predicted octanol–water partition coefficient (Wildman–Crippen LogP) is 1.99. The Labute approximate surface area is 87.8 Å². The van der Waals surface area contributed by atoms with Crippen LogP contribution in [0.5, 0.6) is 0 Å². The Morgan fingerprint density at radius 1 is 1.14 bits per heavy atom. The summed E-state index contributed by atoms with van der Waals surface area (Å²) in [6, 6.07) is 1.90. The van der Waals surface area contributed by atoms with Crippen molar-refractivity contribution in [3.63, 3.8) is 0 Å². The number of hydrogen-bond acceptors (Lipinski definition) is 2. The van der Waals surface area contributed by atoms with Crippen LogP contribution in [-0.4, -0.2) is 29.6 Å². The molecule has 82 valence electrons. The van der Waals surface area contributed by atoms with Crippen molar-refractivity contribution in [2.75, 3.05) is 6.54 Å². The summed E-state index contributed by atoms with van der Waals surface area (Å²) in [5.74, 6) is 0.916. The highest BCUT2D eigenvalue weighted by Crippen LogP contribution is 2.30. The average molecular weight is 196 g/mol. The second-order valence-corrected chi connectivity index (χ2v) is 5.38. The molecule has 0 aromatic carbocycles. The van der Waals surface area contributed by atoms with Gasteiger partial charge in [-0.25, -0.2) is 0 Å². The minimum absolute atomic E-state index is 0.450. The normalized spacial score (nSPS) is 45.6. The smallest absolute Gasteiger partial charge is 0.0250 e. The number of nitrogens with two attached hydrogens (primary N) is 1. The summed E-state index contributed by atoms with van der Waals surface area (Å²) in [6.45, 7) is 6.03. The molecule has 1 aliphatic heterocycles. The Balaban J connectivity index is 1.96. The minimum atomic E-state index is 0.450. The predicted molar refractivity (Wildman–Crippen MR) is 60.2 cm³/mol. The Morgan fingerprint density at radius 2 is 1.93 bits per heavy atom. The van der Waals surface area contributed by atoms with Gasteiger partial charge in [0.25, 0.3) is 0 Å². The molecule has 1 saturated carbocycles. The first-order valence-electron chi connectivity index (χ1n) is 6.20. The SMILES string of the molecule is CC1CCN(C2CCCC2N)C(C)C1. The van der Waals surface area contributed by atoms with Crippen LogP contribution in [0.25, 0.3) is 0 Å². The molecule has 1 aliphatic carbocycles. The lowest BCUT2D eigenvalue weighted by molar-refractivity contribution is 0.0772. The second-order valence-electron chi connectivity index (χ2n) is 5.38. The third kappa shape index (κ3) is 1.96. The standard InChI is InChI=1S/C12H24N2/c1-9-6-7-14(10(2)8-9)12-5-3-4-11(12)13/h9-12H,3-8,13H2,1-2H3. The van der Waals surface area contributed by atoms with Crippen molar-refractivity contribution < 1.29 is 0 Å². The first-order valence-corrected chi connectivity index (χ1v) is 6.20. The number of hydrogen-bond donors (Lipinski definition) is 1. The molecule has 4 unspecified atom stereocenters. The lowest BCUT2D eigenvalue weighted by Crippen LogP contribution is -2.51. The van der Waals surface area contributed by atoms with Crippen LogP contribution in [0.4, 0.5) is 0 Å². The van der Waals surface area contributed by atoms with Gasteiger partial charge in [-0.15, -0.1) is 0 Å². The van der Waals surface area contributed by atoms with Gasteiger partial charge in [0.05, 0.1) is 0 Å². The van der Waals surface area contributed by atoms with E-state index in [2.05, 4.69) is 18.7 Å². The van der Waals surface area contributed by atoms with Gasteiger partial charge in [0.2, 0.25) is 0 Å². The van der Waals surface area contributed by atoms with E-state index < -0.39 is 0 Å². The fourth-order valence-corrected chi connectivity index (χ4v) is 3.30. The number of piperidine rings is 1. The fourth-order valence-electron chi connectivity index (χ4n) is 3.30. The van der Waals surface area contributed by atoms with Crippen molar-refractivity contribution in [1.82, 2.24) is 4.90 Å². The van der Waals surface area contributed by atoms with Crippen molar-refractivity contribution in [1.29, 1.82) is 0 Å². The number of likely N-dealkylation sites (tertiary alicyclic amines) is 1. The monoisotopic (exact) mass is 196 g/mol. The van der Waals surface area contributed by atoms with Gasteiger partial charge in [-0.1, -0.05) is 13.3 Å². The van der Waals surface area contributed by atoms with E-state index in [9.17, 15) is 0 Å². The van der Waals surface area contributed by atoms with E-state index in [-0.39, 0.29) is 0 Å². The Morgan fingerprint density at radius 3 is 2.50 bits per heavy atom. The van der Waals surface area contributed by atoms with E-state index in [0.29, 0.717) is 12.1 Å². The summed E-state index contributed by atoms with van der Waals surface area (Å²) < 4.78 is 0. The van der Waals surface area contributed by atoms with Crippen molar-refractivity contribution in [3.05, 3.63) is 0 Å². The zero-order valence-corrected chi connectivity index (χ0v) is 9.58. The molecule has 1 saturated heterocycles. The summed E-state index contributed by atoms with van der Waals surface area (Å²) in [4.78, 5) is 2.68. The van der Waals surface area contributed by atoms with Gasteiger partial charge < -0.3 is 5.73 Å². The van der Waals surface area contributed by atoms with Gasteiger partial charge in [0, 0.05) is 18.1 Å². The molecule has 0 amide bonds. The average Bonchev–Trinajstić information content (AvgIpc) is 2.52. The lowest BCUT2D eigenvalue weighted by atomic mass is 9.91. The Bertz CT molecular complexity index is 193. The summed E-state index contributed by atoms with van der Waals surface area (Å²) in [7, 11) is 0. The molecule has 4 atom stereocenters. The van der Waals surface area contributed by atoms with Gasteiger partial charge in [-0.2, -0.15) is 0 Å². The largest absolute Gasteiger partial charge is 0.326 e. The topological polar surface area (TPSA) is 29.3 Å². The lowest BCUT2D eigenvalue weighted by Gasteiger charge is -2.42. The molecule has 2 N–H and O–H groups in total. The summed E-state index contributed by atoms with van der Waals surface area (Å²) in [5.41, 5.74) is 6.17. The van der Waals surface area contributed by atoms with Gasteiger partial charge in [0.1, 0.15) is 0 Å². The summed E-state index contributed by atoms with van der Waals surface area (Å²) in [5, 5.41) is 0. The zero-order valence-electron chi connectivity index (χ0n) is 9.58. The quantitative estimate of drug-likeness (QED) is 0.695. The van der Waals surface area contributed by atoms with Crippen LogP contribution in [0.15, 0.2) is 0 Å². The van der Waals surface area contributed by atoms with Crippen LogP contribution in [0, 0.1) is 5.92 Å². The van der Waals surface area contributed by atoms with Crippen molar-refractivity contribution in [2.24, 2.45) is 11.7 Å². The molecule has 2 rings (SSSR count). The van der Waals surface area contributed by atoms with Crippen molar-refractivity contribution >= 4 is 0 Å². The first-order chi connectivity index (χ1) is 6.68. The van der Waals surface area contributed by atoms with E-state index in [1.165, 1.54) is 38.6 Å². The second kappa shape index (κ2) is 4.19. The highest BCUT2D eigenvalue weighted by Gasteiger charge is 2.34. The Hall–Kier alpha value is -0.0800. The van der Waals surface area contributed by atoms with Crippen LogP contribution in [0.3, 0.4) is 0 Å². The Kier molecular flexibility index (Phi) is 3.13. The van der Waals surface area contributed by atoms with Crippen LogP contribution in [0.2, 0.25) is 0 Å². The van der Waals surface area contributed by atoms with E-state index >= 15 is 0 Å². The molecule has 2 nitrogen and oxygen atoms in total. The fraction of sp³-hybridized carbons (Fsp3) is 1.00. The molecule has 0 aromatic rings. The van der Waals surface area contributed by atoms with E-state index in [1.54, 1.807) is 0 Å². The van der Waals surface area contributed by atoms with Gasteiger partial charge in [-0.05, 0) is 45.1 Å². The van der Waals surface area contributed by atoms with Gasteiger partial charge in [-0.3, -0.25) is 4.90 Å². The summed E-state index contributed by atoms with van der Waals surface area (Å²) >= 11 is 0. The van der Waals surface area contributed by atoms with E-state index in [4.69, 9.17) is 5.73 Å². The minimum Gasteiger partial charge on any atom is -0.326 e. The molecule has 0 spiro atoms. The number of nitrogens with zero attached hydrogens (tertiary/aromatic N) is 1. The third-order valence-corrected chi connectivity index (χ3v) is 4.15. The van der Waals surface area contributed by atoms with E-state index in [0.717, 1.165) is 12.0 Å². The molecule has 2 heteroatoms. The van der Waals surface area contributed by atoms with Gasteiger partial charge >= 0.3 is 0 Å². The summed E-state index contributed by atoms with van der Waals surface area (Å²) in [6.07, 6.45) is 6.64. The van der Waals surface area contributed by atoms with Crippen LogP contribution in [-0.2, 0) is 0 Å². The van der Waals surface area contributed by atoms with Crippen molar-refractivity contribution in [2.45, 2.75) is 64.1 Å². The number of rotatable bonds is 1. The zero-order chi connectivity index (χ0) is 10.1. The molecule has 0 bridgehead atoms. The third-order valence-electron chi connectivity index (χ3n) is 4.15. The maximum atomic E-state index is 6.17. The van der Waals surface area contributed by atoms with Gasteiger partial charge in [0.15, 0.2) is 0 Å². The van der Waals surface area contributed by atoms with Crippen LogP contribution in [0.1, 0.15) is 46.0 Å². The van der Waals surface area contributed by atoms with Crippen molar-refractivity contribution in [3.8, 4) is 0 Å². The maximum absolute atomic E-state index is 6.17. The molecule has 0 aromatic heterocycles. The molecule has 1 heterocycles. The van der Waals surface area contributed by atoms with Crippen LogP contribution >= 0.6 is 0 Å². The highest BCUT2D eigenvalue weighted by atomic mass is 15.2. The highest BCUT2D eigenvalue weighted by molar-refractivity contribution is 4.92. The molecule has 2 fully saturated rings. The maximum Gasteiger partial charge on any atom is 0.0250 e. The molecule has 2 aliphatic rings. The molecular weight excluding hydrogens is 172 g/mol. The molecular formula is C12H24N2. The first kappa shape index (κ1) is 10.4.